The molecular formula is C8H9BrN4O4. The van der Waals surface area contributed by atoms with E-state index in [1.165, 1.54) is 6.07 Å². The van der Waals surface area contributed by atoms with Gasteiger partial charge in [-0.1, -0.05) is 0 Å². The number of aromatic nitrogens is 1. The van der Waals surface area contributed by atoms with Gasteiger partial charge in [0.05, 0.1) is 15.9 Å². The number of hydrogen-bond donors (Lipinski definition) is 3. The topological polar surface area (TPSA) is 131 Å². The number of pyridine rings is 1. The first-order valence-corrected chi connectivity index (χ1v) is 5.22. The van der Waals surface area contributed by atoms with Crippen molar-refractivity contribution in [1.29, 1.82) is 0 Å². The van der Waals surface area contributed by atoms with E-state index in [4.69, 9.17) is 10.8 Å². The Morgan fingerprint density at radius 1 is 1.76 bits per heavy atom. The molecule has 1 atom stereocenters. The van der Waals surface area contributed by atoms with Crippen LogP contribution in [0.5, 0.6) is 0 Å². The zero-order chi connectivity index (χ0) is 13.0. The lowest BCUT2D eigenvalue weighted by Gasteiger charge is -2.09. The third-order valence-corrected chi connectivity index (χ3v) is 2.43. The highest BCUT2D eigenvalue weighted by Gasteiger charge is 2.13. The maximum absolute atomic E-state index is 10.6. The number of nitrogens with zero attached hydrogens (tertiary/aromatic N) is 2. The lowest BCUT2D eigenvalue weighted by atomic mass is 10.3. The van der Waals surface area contributed by atoms with E-state index in [2.05, 4.69) is 26.2 Å². The smallest absolute Gasteiger partial charge is 0.288 e. The summed E-state index contributed by atoms with van der Waals surface area (Å²) in [4.78, 5) is 24.2. The number of aliphatic hydroxyl groups excluding tert-OH is 1. The third kappa shape index (κ3) is 3.64. The summed E-state index contributed by atoms with van der Waals surface area (Å²) in [6.07, 6.45) is -0.289. The number of nitro groups is 1. The molecule has 0 bridgehead atoms. The van der Waals surface area contributed by atoms with Crippen LogP contribution in [0.15, 0.2) is 16.7 Å². The fourth-order valence-corrected chi connectivity index (χ4v) is 1.43. The largest absolute Gasteiger partial charge is 0.381 e. The summed E-state index contributed by atoms with van der Waals surface area (Å²) >= 11 is 3.08. The van der Waals surface area contributed by atoms with E-state index in [9.17, 15) is 14.9 Å². The molecule has 1 unspecified atom stereocenters. The summed E-state index contributed by atoms with van der Waals surface area (Å²) < 4.78 is 0.350. The maximum atomic E-state index is 10.6. The van der Waals surface area contributed by atoms with Gasteiger partial charge < -0.3 is 16.2 Å². The fourth-order valence-electron chi connectivity index (χ4n) is 0.952. The highest BCUT2D eigenvalue weighted by molar-refractivity contribution is 9.10. The summed E-state index contributed by atoms with van der Waals surface area (Å²) in [5, 5.41) is 22.2. The van der Waals surface area contributed by atoms with Gasteiger partial charge in [0, 0.05) is 6.07 Å². The van der Waals surface area contributed by atoms with Gasteiger partial charge in [0.25, 0.3) is 5.69 Å². The van der Waals surface area contributed by atoms with E-state index in [1.807, 2.05) is 0 Å². The molecule has 0 saturated carbocycles. The van der Waals surface area contributed by atoms with Crippen molar-refractivity contribution < 1.29 is 14.8 Å². The molecule has 0 spiro atoms. The van der Waals surface area contributed by atoms with Gasteiger partial charge >= 0.3 is 0 Å². The molecule has 0 aromatic carbocycles. The number of hydrogen-bond acceptors (Lipinski definition) is 6. The van der Waals surface area contributed by atoms with E-state index < -0.39 is 16.9 Å². The van der Waals surface area contributed by atoms with Crippen LogP contribution in [0.25, 0.3) is 0 Å². The van der Waals surface area contributed by atoms with Gasteiger partial charge in [-0.15, -0.1) is 0 Å². The average Bonchev–Trinajstić information content (AvgIpc) is 2.26. The molecule has 17 heavy (non-hydrogen) atoms. The minimum atomic E-state index is -1.35. The van der Waals surface area contributed by atoms with Crippen LogP contribution in [0.1, 0.15) is 0 Å². The highest BCUT2D eigenvalue weighted by atomic mass is 79.9. The van der Waals surface area contributed by atoms with E-state index in [-0.39, 0.29) is 18.1 Å². The summed E-state index contributed by atoms with van der Waals surface area (Å²) in [6.45, 7) is -0.126. The van der Waals surface area contributed by atoms with Crippen molar-refractivity contribution in [3.63, 3.8) is 0 Å². The maximum Gasteiger partial charge on any atom is 0.288 e. The first-order chi connectivity index (χ1) is 7.91. The zero-order valence-corrected chi connectivity index (χ0v) is 10.0. The van der Waals surface area contributed by atoms with Crippen LogP contribution in [0.3, 0.4) is 0 Å². The van der Waals surface area contributed by atoms with Crippen LogP contribution in [-0.4, -0.2) is 33.6 Å². The summed E-state index contributed by atoms with van der Waals surface area (Å²) in [7, 11) is 0. The quantitative estimate of drug-likeness (QED) is 0.518. The summed E-state index contributed by atoms with van der Waals surface area (Å²) in [6, 6.07) is 1.26. The Labute approximate surface area is 104 Å². The number of amides is 1. The zero-order valence-electron chi connectivity index (χ0n) is 8.46. The first kappa shape index (κ1) is 13.3. The van der Waals surface area contributed by atoms with Crippen LogP contribution in [0, 0.1) is 10.1 Å². The van der Waals surface area contributed by atoms with Crippen molar-refractivity contribution in [2.24, 2.45) is 5.73 Å². The number of halogens is 1. The normalized spacial score (nSPS) is 11.9. The first-order valence-electron chi connectivity index (χ1n) is 4.43. The standard InChI is InChI=1S/C8H9BrN4O4/c9-5-1-4(13(16)17)2-11-8(5)12-3-6(14)7(10)15/h1-2,6,14H,3H2,(H2,10,15)(H,11,12). The molecular weight excluding hydrogens is 296 g/mol. The summed E-state index contributed by atoms with van der Waals surface area (Å²) in [5.74, 6) is -0.591. The number of nitrogens with two attached hydrogens (primary N) is 1. The van der Waals surface area contributed by atoms with Gasteiger partial charge in [-0.05, 0) is 15.9 Å². The molecule has 1 amide bonds. The van der Waals surface area contributed by atoms with Gasteiger partial charge in [0.1, 0.15) is 18.1 Å². The second-order valence-corrected chi connectivity index (χ2v) is 3.93. The Hall–Kier alpha value is -1.74. The molecule has 0 saturated heterocycles. The Balaban J connectivity index is 2.73. The van der Waals surface area contributed by atoms with Gasteiger partial charge in [0.2, 0.25) is 5.91 Å². The van der Waals surface area contributed by atoms with Crippen molar-refractivity contribution in [3.8, 4) is 0 Å². The number of anilines is 1. The number of rotatable bonds is 5. The molecule has 9 heteroatoms. The second kappa shape index (κ2) is 5.55. The van der Waals surface area contributed by atoms with E-state index in [1.54, 1.807) is 0 Å². The van der Waals surface area contributed by atoms with Gasteiger partial charge in [-0.25, -0.2) is 4.98 Å². The van der Waals surface area contributed by atoms with Crippen LogP contribution in [-0.2, 0) is 4.79 Å². The molecule has 1 aromatic rings. The molecule has 0 radical (unpaired) electrons. The minimum absolute atomic E-state index is 0.126. The average molecular weight is 305 g/mol. The van der Waals surface area contributed by atoms with E-state index in [0.29, 0.717) is 4.47 Å². The molecule has 0 aliphatic heterocycles. The monoisotopic (exact) mass is 304 g/mol. The molecule has 1 aromatic heterocycles. The summed E-state index contributed by atoms with van der Waals surface area (Å²) in [5.41, 5.74) is 4.68. The van der Waals surface area contributed by atoms with E-state index >= 15 is 0 Å². The van der Waals surface area contributed by atoms with E-state index in [0.717, 1.165) is 6.20 Å². The van der Waals surface area contributed by atoms with Crippen LogP contribution in [0.2, 0.25) is 0 Å². The Kier molecular flexibility index (Phi) is 4.35. The van der Waals surface area contributed by atoms with Crippen LogP contribution < -0.4 is 11.1 Å². The number of nitrogens with one attached hydrogen (secondary N) is 1. The lowest BCUT2D eigenvalue weighted by molar-refractivity contribution is -0.385. The molecule has 0 aliphatic carbocycles. The Morgan fingerprint density at radius 3 is 2.88 bits per heavy atom. The molecule has 4 N–H and O–H groups in total. The molecule has 8 nitrogen and oxygen atoms in total. The van der Waals surface area contributed by atoms with Crippen molar-refractivity contribution in [2.45, 2.75) is 6.10 Å². The molecule has 0 aliphatic rings. The molecule has 92 valence electrons. The Bertz CT molecular complexity index is 453. The van der Waals surface area contributed by atoms with Crippen LogP contribution >= 0.6 is 15.9 Å². The van der Waals surface area contributed by atoms with Crippen molar-refractivity contribution >= 4 is 33.3 Å². The SMILES string of the molecule is NC(=O)C(O)CNc1ncc([N+](=O)[O-])cc1Br. The van der Waals surface area contributed by atoms with Gasteiger partial charge in [-0.3, -0.25) is 14.9 Å². The second-order valence-electron chi connectivity index (χ2n) is 3.08. The minimum Gasteiger partial charge on any atom is -0.381 e. The van der Waals surface area contributed by atoms with Gasteiger partial charge in [-0.2, -0.15) is 0 Å². The van der Waals surface area contributed by atoms with Gasteiger partial charge in [0.15, 0.2) is 0 Å². The van der Waals surface area contributed by atoms with Crippen molar-refractivity contribution in [3.05, 3.63) is 26.9 Å². The van der Waals surface area contributed by atoms with Crippen molar-refractivity contribution in [1.82, 2.24) is 4.98 Å². The molecule has 1 heterocycles. The third-order valence-electron chi connectivity index (χ3n) is 1.83. The number of aliphatic hydroxyl groups is 1. The highest BCUT2D eigenvalue weighted by Crippen LogP contribution is 2.24. The fraction of sp³-hybridized carbons (Fsp3) is 0.250. The van der Waals surface area contributed by atoms with Crippen LogP contribution in [0.4, 0.5) is 11.5 Å². The lowest BCUT2D eigenvalue weighted by Crippen LogP contribution is -2.34. The number of carbonyl (C=O) groups is 1. The predicted molar refractivity (Wildman–Crippen MR) is 62.3 cm³/mol. The molecule has 1 rings (SSSR count). The number of primary amides is 1. The molecule has 0 fully saturated rings. The number of carbonyl (C=O) groups excluding carboxylic acids is 1. The predicted octanol–water partition coefficient (Wildman–Crippen LogP) is 0.0104. The van der Waals surface area contributed by atoms with Crippen molar-refractivity contribution in [2.75, 3.05) is 11.9 Å². The Morgan fingerprint density at radius 2 is 2.41 bits per heavy atom.